The minimum Gasteiger partial charge on any atom is -0.475 e. The summed E-state index contributed by atoms with van der Waals surface area (Å²) >= 11 is 0. The van der Waals surface area contributed by atoms with Gasteiger partial charge in [0.1, 0.15) is 5.76 Å². The van der Waals surface area contributed by atoms with E-state index in [2.05, 4.69) is 28.9 Å². The molecule has 2 aromatic rings. The number of carbonyl (C=O) groups is 2. The van der Waals surface area contributed by atoms with Crippen LogP contribution in [0.4, 0.5) is 19.1 Å². The molecule has 0 radical (unpaired) electrons. The highest BCUT2D eigenvalue weighted by Gasteiger charge is 2.47. The Kier molecular flexibility index (Phi) is 7.42. The van der Waals surface area contributed by atoms with Crippen molar-refractivity contribution in [2.24, 2.45) is 0 Å². The number of aromatic nitrogens is 3. The summed E-state index contributed by atoms with van der Waals surface area (Å²) in [5.74, 6) is -1.51. The van der Waals surface area contributed by atoms with Gasteiger partial charge in [-0.3, -0.25) is 4.79 Å². The van der Waals surface area contributed by atoms with Crippen molar-refractivity contribution in [2.75, 3.05) is 37.7 Å². The Labute approximate surface area is 210 Å². The van der Waals surface area contributed by atoms with Crippen LogP contribution in [0.5, 0.6) is 0 Å². The first-order valence-corrected chi connectivity index (χ1v) is 11.8. The number of alkyl halides is 3. The molecule has 3 unspecified atom stereocenters. The summed E-state index contributed by atoms with van der Waals surface area (Å²) in [4.78, 5) is 35.4. The standard InChI is InChI=1S/C21H27N5O4.C2HF3O2/c1-13-6-17(24-30-13)19(27)25-5-4-21(11-25)12-28-10-16-7-22-20(23-18(16)21)26-8-14(2)29-15(3)9-26;3-2(4,5)1(6)7/h6-7,14-15H,4-5,8-12H2,1-3H3;(H,6,7). The third-order valence-electron chi connectivity index (χ3n) is 6.42. The normalized spacial score (nSPS) is 25.5. The summed E-state index contributed by atoms with van der Waals surface area (Å²) < 4.78 is 48.6. The molecule has 202 valence electrons. The maximum absolute atomic E-state index is 12.9. The number of fused-ring (bicyclic) bond motifs is 2. The summed E-state index contributed by atoms with van der Waals surface area (Å²) in [5.41, 5.74) is 2.05. The van der Waals surface area contributed by atoms with Gasteiger partial charge in [0.15, 0.2) is 5.69 Å². The van der Waals surface area contributed by atoms with Gasteiger partial charge in [-0.05, 0) is 27.2 Å². The molecule has 3 aliphatic rings. The molecule has 3 aliphatic heterocycles. The summed E-state index contributed by atoms with van der Waals surface area (Å²) in [7, 11) is 0. The Morgan fingerprint density at radius 3 is 2.49 bits per heavy atom. The molecular weight excluding hydrogens is 499 g/mol. The van der Waals surface area contributed by atoms with Crippen molar-refractivity contribution in [1.29, 1.82) is 0 Å². The smallest absolute Gasteiger partial charge is 0.475 e. The lowest BCUT2D eigenvalue weighted by molar-refractivity contribution is -0.192. The molecule has 14 heteroatoms. The van der Waals surface area contributed by atoms with E-state index in [1.807, 2.05) is 11.1 Å². The molecule has 3 atom stereocenters. The fourth-order valence-electron chi connectivity index (χ4n) is 4.87. The third-order valence-corrected chi connectivity index (χ3v) is 6.42. The van der Waals surface area contributed by atoms with Crippen LogP contribution < -0.4 is 4.90 Å². The number of hydrogen-bond acceptors (Lipinski definition) is 9. The van der Waals surface area contributed by atoms with E-state index in [-0.39, 0.29) is 23.5 Å². The van der Waals surface area contributed by atoms with Crippen LogP contribution in [0.2, 0.25) is 0 Å². The van der Waals surface area contributed by atoms with Gasteiger partial charge in [0.2, 0.25) is 5.95 Å². The molecule has 0 saturated carbocycles. The summed E-state index contributed by atoms with van der Waals surface area (Å²) in [6, 6.07) is 1.68. The minimum atomic E-state index is -5.08. The zero-order valence-electron chi connectivity index (χ0n) is 20.6. The van der Waals surface area contributed by atoms with Crippen LogP contribution in [-0.4, -0.2) is 88.2 Å². The van der Waals surface area contributed by atoms with Crippen molar-refractivity contribution in [1.82, 2.24) is 20.0 Å². The van der Waals surface area contributed by atoms with E-state index in [0.29, 0.717) is 37.8 Å². The monoisotopic (exact) mass is 527 g/mol. The Hall–Kier alpha value is -3.26. The molecule has 1 spiro atoms. The first-order chi connectivity index (χ1) is 17.4. The molecule has 2 aromatic heterocycles. The van der Waals surface area contributed by atoms with Crippen molar-refractivity contribution in [3.8, 4) is 0 Å². The minimum absolute atomic E-state index is 0.110. The largest absolute Gasteiger partial charge is 0.490 e. The second-order valence-corrected chi connectivity index (χ2v) is 9.58. The number of halogens is 3. The molecular formula is C23H28F3N5O6. The van der Waals surface area contributed by atoms with Crippen LogP contribution in [-0.2, 0) is 26.3 Å². The lowest BCUT2D eigenvalue weighted by atomic mass is 9.80. The molecule has 37 heavy (non-hydrogen) atoms. The van der Waals surface area contributed by atoms with Crippen LogP contribution in [0.3, 0.4) is 0 Å². The first kappa shape index (κ1) is 26.8. The third kappa shape index (κ3) is 5.85. The number of amides is 1. The number of aliphatic carboxylic acids is 1. The molecule has 0 aliphatic carbocycles. The highest BCUT2D eigenvalue weighted by Crippen LogP contribution is 2.40. The Morgan fingerprint density at radius 1 is 1.22 bits per heavy atom. The second kappa shape index (κ2) is 10.2. The van der Waals surface area contributed by atoms with Crippen LogP contribution in [0.15, 0.2) is 16.8 Å². The van der Waals surface area contributed by atoms with Gasteiger partial charge >= 0.3 is 12.1 Å². The van der Waals surface area contributed by atoms with Crippen molar-refractivity contribution < 1.29 is 41.9 Å². The molecule has 11 nitrogen and oxygen atoms in total. The van der Waals surface area contributed by atoms with E-state index < -0.39 is 12.1 Å². The zero-order valence-corrected chi connectivity index (χ0v) is 20.6. The number of hydrogen-bond donors (Lipinski definition) is 1. The molecule has 5 rings (SSSR count). The van der Waals surface area contributed by atoms with Gasteiger partial charge < -0.3 is 28.9 Å². The number of likely N-dealkylation sites (tertiary alicyclic amines) is 1. The number of nitrogens with zero attached hydrogens (tertiary/aromatic N) is 5. The van der Waals surface area contributed by atoms with Crippen molar-refractivity contribution in [3.05, 3.63) is 35.0 Å². The summed E-state index contributed by atoms with van der Waals surface area (Å²) in [6.45, 7) is 9.70. The van der Waals surface area contributed by atoms with Crippen molar-refractivity contribution >= 4 is 17.8 Å². The highest BCUT2D eigenvalue weighted by atomic mass is 19.4. The van der Waals surface area contributed by atoms with Gasteiger partial charge in [0.25, 0.3) is 5.91 Å². The molecule has 0 bridgehead atoms. The molecule has 0 aromatic carbocycles. The number of carbonyl (C=O) groups excluding carboxylic acids is 1. The topological polar surface area (TPSA) is 131 Å². The van der Waals surface area contributed by atoms with E-state index in [0.717, 1.165) is 36.7 Å². The average molecular weight is 528 g/mol. The lowest BCUT2D eigenvalue weighted by Crippen LogP contribution is -2.47. The molecule has 2 fully saturated rings. The molecule has 2 saturated heterocycles. The molecule has 1 N–H and O–H groups in total. The maximum atomic E-state index is 12.9. The Bertz CT molecular complexity index is 1150. The predicted molar refractivity (Wildman–Crippen MR) is 121 cm³/mol. The lowest BCUT2D eigenvalue weighted by Gasteiger charge is -2.38. The Balaban J connectivity index is 0.000000405. The van der Waals surface area contributed by atoms with Gasteiger partial charge in [0, 0.05) is 44.0 Å². The quantitative estimate of drug-likeness (QED) is 0.621. The Morgan fingerprint density at radius 2 is 1.89 bits per heavy atom. The summed E-state index contributed by atoms with van der Waals surface area (Å²) in [5, 5.41) is 11.0. The average Bonchev–Trinajstić information content (AvgIpc) is 3.45. The predicted octanol–water partition coefficient (Wildman–Crippen LogP) is 2.33. The van der Waals surface area contributed by atoms with Gasteiger partial charge in [-0.15, -0.1) is 0 Å². The van der Waals surface area contributed by atoms with Gasteiger partial charge in [-0.1, -0.05) is 5.16 Å². The second-order valence-electron chi connectivity index (χ2n) is 9.58. The van der Waals surface area contributed by atoms with E-state index >= 15 is 0 Å². The van der Waals surface area contributed by atoms with E-state index in [4.69, 9.17) is 28.9 Å². The number of aryl methyl sites for hydroxylation is 1. The summed E-state index contributed by atoms with van der Waals surface area (Å²) in [6.07, 6.45) is -2.13. The van der Waals surface area contributed by atoms with Gasteiger partial charge in [0.05, 0.1) is 36.5 Å². The number of anilines is 1. The SMILES string of the molecule is Cc1cc(C(=O)N2CCC3(COCc4cnc(N5CC(C)OC(C)C5)nc43)C2)no1.O=C(O)C(F)(F)F. The number of ether oxygens (including phenoxy) is 2. The van der Waals surface area contributed by atoms with Crippen LogP contribution in [0.1, 0.15) is 47.8 Å². The van der Waals surface area contributed by atoms with E-state index in [1.165, 1.54) is 0 Å². The first-order valence-electron chi connectivity index (χ1n) is 11.8. The maximum Gasteiger partial charge on any atom is 0.490 e. The van der Waals surface area contributed by atoms with Gasteiger partial charge in [-0.2, -0.15) is 13.2 Å². The van der Waals surface area contributed by atoms with Crippen LogP contribution in [0.25, 0.3) is 0 Å². The number of carboxylic acids is 1. The van der Waals surface area contributed by atoms with Crippen molar-refractivity contribution in [3.63, 3.8) is 0 Å². The molecule has 1 amide bonds. The van der Waals surface area contributed by atoms with E-state index in [9.17, 15) is 18.0 Å². The number of carboxylic acid groups (broad SMARTS) is 1. The zero-order chi connectivity index (χ0) is 27.0. The fourth-order valence-corrected chi connectivity index (χ4v) is 4.87. The number of rotatable bonds is 2. The fraction of sp³-hybridized carbons (Fsp3) is 0.609. The van der Waals surface area contributed by atoms with Gasteiger partial charge in [-0.25, -0.2) is 14.8 Å². The van der Waals surface area contributed by atoms with Crippen LogP contribution in [0, 0.1) is 6.92 Å². The molecule has 5 heterocycles. The van der Waals surface area contributed by atoms with Crippen molar-refractivity contribution in [2.45, 2.75) is 57.6 Å². The van der Waals surface area contributed by atoms with E-state index in [1.54, 1.807) is 13.0 Å². The van der Waals surface area contributed by atoms with Crippen LogP contribution >= 0.6 is 0 Å². The number of morpholine rings is 1. The highest BCUT2D eigenvalue weighted by molar-refractivity contribution is 5.92.